The van der Waals surface area contributed by atoms with Crippen LogP contribution in [0.2, 0.25) is 0 Å². The van der Waals surface area contributed by atoms with Crippen molar-refractivity contribution in [2.24, 2.45) is 0 Å². The maximum atomic E-state index is 13.0. The van der Waals surface area contributed by atoms with E-state index in [1.807, 2.05) is 29.2 Å². The summed E-state index contributed by atoms with van der Waals surface area (Å²) in [6.45, 7) is 5.83. The number of hydrogen-bond donors (Lipinski definition) is 0. The van der Waals surface area contributed by atoms with Crippen molar-refractivity contribution in [1.82, 2.24) is 19.6 Å². The molecular formula is C26H27N5O4. The molecule has 180 valence electrons. The Labute approximate surface area is 203 Å². The second-order valence-corrected chi connectivity index (χ2v) is 8.91. The van der Waals surface area contributed by atoms with Crippen LogP contribution in [-0.2, 0) is 13.0 Å². The first kappa shape index (κ1) is 22.9. The Balaban J connectivity index is 1.18. The van der Waals surface area contributed by atoms with E-state index in [-0.39, 0.29) is 35.2 Å². The lowest BCUT2D eigenvalue weighted by Crippen LogP contribution is -2.49. The molecule has 2 aliphatic rings. The minimum Gasteiger partial charge on any atom is -0.571 e. The van der Waals surface area contributed by atoms with Crippen molar-refractivity contribution in [2.75, 3.05) is 32.7 Å². The highest BCUT2D eigenvalue weighted by atomic mass is 16.5. The number of aromatic nitrogens is 3. The van der Waals surface area contributed by atoms with E-state index < -0.39 is 5.78 Å². The first-order chi connectivity index (χ1) is 17.0. The van der Waals surface area contributed by atoms with Gasteiger partial charge in [-0.3, -0.25) is 19.3 Å². The van der Waals surface area contributed by atoms with Gasteiger partial charge >= 0.3 is 0 Å². The van der Waals surface area contributed by atoms with Crippen LogP contribution in [0.15, 0.2) is 48.5 Å². The molecule has 1 aliphatic heterocycles. The fourth-order valence-corrected chi connectivity index (χ4v) is 4.79. The summed E-state index contributed by atoms with van der Waals surface area (Å²) in [6, 6.07) is 14.3. The Hall–Kier alpha value is -3.85. The Morgan fingerprint density at radius 3 is 2.26 bits per heavy atom. The van der Waals surface area contributed by atoms with Crippen LogP contribution >= 0.6 is 0 Å². The van der Waals surface area contributed by atoms with Gasteiger partial charge in [0.15, 0.2) is 5.69 Å². The third-order valence-corrected chi connectivity index (χ3v) is 6.83. The van der Waals surface area contributed by atoms with Crippen LogP contribution < -0.4 is 4.96 Å². The Bertz CT molecular complexity index is 1290. The minimum atomic E-state index is -0.399. The molecule has 2 aromatic carbocycles. The first-order valence-corrected chi connectivity index (χ1v) is 12.0. The summed E-state index contributed by atoms with van der Waals surface area (Å²) in [5.74, 6) is -0.701. The molecule has 0 atom stereocenters. The molecule has 1 aromatic heterocycles. The molecule has 2 heterocycles. The predicted octanol–water partition coefficient (Wildman–Crippen LogP) is 1.70. The lowest BCUT2D eigenvalue weighted by Gasteiger charge is -2.34. The number of hydrogen-bond acceptors (Lipinski definition) is 6. The number of ketones is 2. The molecule has 35 heavy (non-hydrogen) atoms. The van der Waals surface area contributed by atoms with Gasteiger partial charge in [-0.1, -0.05) is 43.3 Å². The molecule has 9 heteroatoms. The first-order valence-electron chi connectivity index (χ1n) is 12.0. The number of benzene rings is 2. The highest BCUT2D eigenvalue weighted by Gasteiger charge is 2.39. The topological polar surface area (TPSA) is 102 Å². The molecule has 1 fully saturated rings. The molecule has 0 N–H and O–H groups in total. The molecule has 5 rings (SSSR count). The summed E-state index contributed by atoms with van der Waals surface area (Å²) in [6.07, 6.45) is 1.56. The van der Waals surface area contributed by atoms with Crippen molar-refractivity contribution in [3.63, 3.8) is 0 Å². The Kier molecular flexibility index (Phi) is 6.17. The van der Waals surface area contributed by atoms with Crippen LogP contribution in [0.4, 0.5) is 0 Å². The Morgan fingerprint density at radius 2 is 1.60 bits per heavy atom. The van der Waals surface area contributed by atoms with Gasteiger partial charge in [-0.15, -0.1) is 4.68 Å². The maximum Gasteiger partial charge on any atom is 0.253 e. The van der Waals surface area contributed by atoms with E-state index in [9.17, 15) is 19.6 Å². The van der Waals surface area contributed by atoms with E-state index in [4.69, 9.17) is 0 Å². The number of carbonyl (C=O) groups excluding carboxylic acids is 3. The van der Waals surface area contributed by atoms with E-state index in [1.165, 1.54) is 10.2 Å². The second kappa shape index (κ2) is 9.42. The van der Waals surface area contributed by atoms with Gasteiger partial charge < -0.3 is 10.1 Å². The molecule has 9 nitrogen and oxygen atoms in total. The number of amides is 1. The molecule has 3 aromatic rings. The van der Waals surface area contributed by atoms with Crippen LogP contribution in [-0.4, -0.2) is 69.8 Å². The fourth-order valence-electron chi connectivity index (χ4n) is 4.79. The average molecular weight is 474 g/mol. The van der Waals surface area contributed by atoms with Crippen LogP contribution in [0.1, 0.15) is 61.4 Å². The molecule has 1 aliphatic carbocycles. The SMILES string of the molecule is CCc1ccc(C(=O)N2CCN(CCCn3c4c(n[n+]3[O-])C(=O)c3ccccc3C4=O)CC2)cc1. The van der Waals surface area contributed by atoms with E-state index in [2.05, 4.69) is 16.9 Å². The summed E-state index contributed by atoms with van der Waals surface area (Å²) in [7, 11) is 0. The third kappa shape index (κ3) is 4.23. The van der Waals surface area contributed by atoms with Gasteiger partial charge in [-0.05, 0) is 30.5 Å². The van der Waals surface area contributed by atoms with Crippen molar-refractivity contribution < 1.29 is 19.3 Å². The van der Waals surface area contributed by atoms with E-state index in [0.29, 0.717) is 42.1 Å². The van der Waals surface area contributed by atoms with Gasteiger partial charge in [0.05, 0.1) is 6.54 Å². The smallest absolute Gasteiger partial charge is 0.253 e. The van der Waals surface area contributed by atoms with Gasteiger partial charge in [-0.2, -0.15) is 0 Å². The van der Waals surface area contributed by atoms with Gasteiger partial charge in [0, 0.05) is 59.5 Å². The normalized spacial score (nSPS) is 15.7. The third-order valence-electron chi connectivity index (χ3n) is 6.83. The molecular weight excluding hydrogens is 446 g/mol. The average Bonchev–Trinajstić information content (AvgIpc) is 3.23. The summed E-state index contributed by atoms with van der Waals surface area (Å²) < 4.78 is 1.26. The lowest BCUT2D eigenvalue weighted by molar-refractivity contribution is -0.749. The van der Waals surface area contributed by atoms with Crippen molar-refractivity contribution in [3.8, 4) is 0 Å². The number of carbonyl (C=O) groups is 3. The van der Waals surface area contributed by atoms with Crippen LogP contribution in [0.25, 0.3) is 0 Å². The van der Waals surface area contributed by atoms with E-state index in [0.717, 1.165) is 19.5 Å². The Morgan fingerprint density at radius 1 is 0.943 bits per heavy atom. The summed E-state index contributed by atoms with van der Waals surface area (Å²) in [4.78, 5) is 43.0. The highest BCUT2D eigenvalue weighted by molar-refractivity contribution is 6.26. The van der Waals surface area contributed by atoms with Gasteiger partial charge in [0.25, 0.3) is 5.91 Å². The van der Waals surface area contributed by atoms with Gasteiger partial charge in [0.1, 0.15) is 0 Å². The zero-order chi connectivity index (χ0) is 24.5. The summed E-state index contributed by atoms with van der Waals surface area (Å²) >= 11 is 0. The largest absolute Gasteiger partial charge is 0.571 e. The van der Waals surface area contributed by atoms with Crippen molar-refractivity contribution >= 4 is 17.5 Å². The molecule has 1 saturated heterocycles. The minimum absolute atomic E-state index is 0.0493. The maximum absolute atomic E-state index is 13.0. The standard InChI is InChI=1S/C26H27N5O4/c1-2-18-8-10-19(11-9-18)26(34)29-16-14-28(15-17-29)12-5-13-30-23-22(27-31(30)35)24(32)20-6-3-4-7-21(20)25(23)33/h3-4,6-11H,2,5,12-17H2,1H3. The van der Waals surface area contributed by atoms with Crippen molar-refractivity contribution in [2.45, 2.75) is 26.3 Å². The van der Waals surface area contributed by atoms with Crippen LogP contribution in [0.5, 0.6) is 0 Å². The molecule has 0 bridgehead atoms. The van der Waals surface area contributed by atoms with Gasteiger partial charge in [-0.25, -0.2) is 0 Å². The number of fused-ring (bicyclic) bond motifs is 2. The number of nitrogens with zero attached hydrogens (tertiary/aromatic N) is 5. The van der Waals surface area contributed by atoms with E-state index in [1.54, 1.807) is 24.3 Å². The lowest BCUT2D eigenvalue weighted by atomic mass is 9.90. The number of aryl methyl sites for hydroxylation is 1. The van der Waals surface area contributed by atoms with Crippen LogP contribution in [0, 0.1) is 5.21 Å². The predicted molar refractivity (Wildman–Crippen MR) is 127 cm³/mol. The molecule has 1 amide bonds. The van der Waals surface area contributed by atoms with E-state index >= 15 is 0 Å². The zero-order valence-electron chi connectivity index (χ0n) is 19.6. The summed E-state index contributed by atoms with van der Waals surface area (Å²) in [5.41, 5.74) is 2.48. The molecule has 0 radical (unpaired) electrons. The molecule has 0 unspecified atom stereocenters. The summed E-state index contributed by atoms with van der Waals surface area (Å²) in [5, 5.41) is 16.2. The monoisotopic (exact) mass is 473 g/mol. The molecule has 0 saturated carbocycles. The fraction of sp³-hybridized carbons (Fsp3) is 0.346. The number of piperazine rings is 1. The highest BCUT2D eigenvalue weighted by Crippen LogP contribution is 2.25. The molecule has 0 spiro atoms. The van der Waals surface area contributed by atoms with Crippen molar-refractivity contribution in [3.05, 3.63) is 87.4 Å². The van der Waals surface area contributed by atoms with Crippen LogP contribution in [0.3, 0.4) is 0 Å². The number of rotatable bonds is 6. The quantitative estimate of drug-likeness (QED) is 0.312. The van der Waals surface area contributed by atoms with Crippen molar-refractivity contribution in [1.29, 1.82) is 0 Å². The second-order valence-electron chi connectivity index (χ2n) is 8.91. The zero-order valence-corrected chi connectivity index (χ0v) is 19.6. The van der Waals surface area contributed by atoms with Gasteiger partial charge in [0.2, 0.25) is 17.3 Å².